The molecular formula is C15H23N3O. The molecule has 1 unspecified atom stereocenters. The smallest absolute Gasteiger partial charge is 0.253 e. The number of anilines is 1. The van der Waals surface area contributed by atoms with Crippen molar-refractivity contribution in [3.8, 4) is 0 Å². The summed E-state index contributed by atoms with van der Waals surface area (Å²) < 4.78 is 0. The first-order chi connectivity index (χ1) is 9.18. The van der Waals surface area contributed by atoms with Crippen LogP contribution < -0.4 is 11.1 Å². The largest absolute Gasteiger partial charge is 0.398 e. The summed E-state index contributed by atoms with van der Waals surface area (Å²) in [5.41, 5.74) is 6.90. The second kappa shape index (κ2) is 6.57. The monoisotopic (exact) mass is 261 g/mol. The summed E-state index contributed by atoms with van der Waals surface area (Å²) in [5, 5.41) is 2.98. The first-order valence-electron chi connectivity index (χ1n) is 7.05. The molecule has 1 aliphatic rings. The Morgan fingerprint density at radius 2 is 2.00 bits per heavy atom. The zero-order valence-electron chi connectivity index (χ0n) is 11.6. The molecule has 1 heterocycles. The Bertz CT molecular complexity index is 427. The SMILES string of the molecule is CC(CNC(=O)c1ccccc1N)N1CCCCC1. The van der Waals surface area contributed by atoms with Crippen molar-refractivity contribution < 1.29 is 4.79 Å². The van der Waals surface area contributed by atoms with E-state index in [1.165, 1.54) is 19.3 Å². The van der Waals surface area contributed by atoms with Crippen LogP contribution in [0.1, 0.15) is 36.5 Å². The van der Waals surface area contributed by atoms with Crippen LogP contribution in [-0.4, -0.2) is 36.5 Å². The van der Waals surface area contributed by atoms with Crippen molar-refractivity contribution in [1.82, 2.24) is 10.2 Å². The molecule has 1 aromatic carbocycles. The number of nitrogens with zero attached hydrogens (tertiary/aromatic N) is 1. The molecule has 1 aromatic rings. The molecule has 0 bridgehead atoms. The predicted octanol–water partition coefficient (Wildman–Crippen LogP) is 1.87. The topological polar surface area (TPSA) is 58.4 Å². The third-order valence-corrected chi connectivity index (χ3v) is 3.78. The van der Waals surface area contributed by atoms with E-state index in [-0.39, 0.29) is 5.91 Å². The van der Waals surface area contributed by atoms with Crippen molar-refractivity contribution in [2.24, 2.45) is 0 Å². The average Bonchev–Trinajstić information content (AvgIpc) is 2.46. The molecule has 1 atom stereocenters. The van der Waals surface area contributed by atoms with E-state index in [2.05, 4.69) is 17.1 Å². The van der Waals surface area contributed by atoms with Crippen molar-refractivity contribution in [2.75, 3.05) is 25.4 Å². The third kappa shape index (κ3) is 3.70. The lowest BCUT2D eigenvalue weighted by atomic mass is 10.1. The minimum Gasteiger partial charge on any atom is -0.398 e. The summed E-state index contributed by atoms with van der Waals surface area (Å²) in [4.78, 5) is 14.5. The maximum absolute atomic E-state index is 12.0. The second-order valence-corrected chi connectivity index (χ2v) is 5.24. The fourth-order valence-corrected chi connectivity index (χ4v) is 2.53. The molecule has 2 rings (SSSR count). The third-order valence-electron chi connectivity index (χ3n) is 3.78. The average molecular weight is 261 g/mol. The molecule has 4 nitrogen and oxygen atoms in total. The van der Waals surface area contributed by atoms with Gasteiger partial charge in [-0.1, -0.05) is 18.6 Å². The van der Waals surface area contributed by atoms with Crippen LogP contribution in [0.4, 0.5) is 5.69 Å². The number of piperidine rings is 1. The van der Waals surface area contributed by atoms with E-state index in [1.807, 2.05) is 12.1 Å². The molecular weight excluding hydrogens is 238 g/mol. The number of nitrogen functional groups attached to an aromatic ring is 1. The molecule has 4 heteroatoms. The minimum atomic E-state index is -0.0815. The van der Waals surface area contributed by atoms with Crippen molar-refractivity contribution in [1.29, 1.82) is 0 Å². The Morgan fingerprint density at radius 3 is 2.68 bits per heavy atom. The quantitative estimate of drug-likeness (QED) is 0.814. The van der Waals surface area contributed by atoms with Crippen LogP contribution in [0.5, 0.6) is 0 Å². The van der Waals surface area contributed by atoms with E-state index < -0.39 is 0 Å². The van der Waals surface area contributed by atoms with Crippen molar-refractivity contribution in [3.05, 3.63) is 29.8 Å². The van der Waals surface area contributed by atoms with Crippen LogP contribution in [0.25, 0.3) is 0 Å². The summed E-state index contributed by atoms with van der Waals surface area (Å²) in [6, 6.07) is 7.57. The van der Waals surface area contributed by atoms with E-state index in [4.69, 9.17) is 5.73 Å². The summed E-state index contributed by atoms with van der Waals surface area (Å²) in [5.74, 6) is -0.0815. The number of hydrogen-bond acceptors (Lipinski definition) is 3. The highest BCUT2D eigenvalue weighted by atomic mass is 16.1. The lowest BCUT2D eigenvalue weighted by Crippen LogP contribution is -2.44. The molecule has 104 valence electrons. The Labute approximate surface area is 115 Å². The lowest BCUT2D eigenvalue weighted by Gasteiger charge is -2.32. The predicted molar refractivity (Wildman–Crippen MR) is 78.1 cm³/mol. The molecule has 1 saturated heterocycles. The van der Waals surface area contributed by atoms with Crippen LogP contribution in [0.15, 0.2) is 24.3 Å². The molecule has 3 N–H and O–H groups in total. The maximum Gasteiger partial charge on any atom is 0.253 e. The zero-order chi connectivity index (χ0) is 13.7. The Kier molecular flexibility index (Phi) is 4.80. The first kappa shape index (κ1) is 13.9. The number of likely N-dealkylation sites (tertiary alicyclic amines) is 1. The zero-order valence-corrected chi connectivity index (χ0v) is 11.6. The summed E-state index contributed by atoms with van der Waals surface area (Å²) in [6.07, 6.45) is 3.87. The first-order valence-corrected chi connectivity index (χ1v) is 7.05. The van der Waals surface area contributed by atoms with Crippen molar-refractivity contribution in [3.63, 3.8) is 0 Å². The second-order valence-electron chi connectivity index (χ2n) is 5.24. The number of hydrogen-bond donors (Lipinski definition) is 2. The van der Waals surface area contributed by atoms with Gasteiger partial charge in [-0.2, -0.15) is 0 Å². The molecule has 1 amide bonds. The van der Waals surface area contributed by atoms with Gasteiger partial charge in [0.15, 0.2) is 0 Å². The summed E-state index contributed by atoms with van der Waals surface area (Å²) in [7, 11) is 0. The molecule has 0 radical (unpaired) electrons. The number of carbonyl (C=O) groups excluding carboxylic acids is 1. The molecule has 0 saturated carbocycles. The summed E-state index contributed by atoms with van der Waals surface area (Å²) in [6.45, 7) is 5.13. The van der Waals surface area contributed by atoms with Crippen LogP contribution in [-0.2, 0) is 0 Å². The van der Waals surface area contributed by atoms with Crippen LogP contribution in [0.3, 0.4) is 0 Å². The Balaban J connectivity index is 1.84. The molecule has 1 aliphatic heterocycles. The van der Waals surface area contributed by atoms with Crippen LogP contribution in [0, 0.1) is 0 Å². The minimum absolute atomic E-state index is 0.0815. The molecule has 0 spiro atoms. The number of amides is 1. The van der Waals surface area contributed by atoms with Gasteiger partial charge in [0, 0.05) is 18.3 Å². The highest BCUT2D eigenvalue weighted by molar-refractivity contribution is 5.99. The van der Waals surface area contributed by atoms with E-state index in [0.29, 0.717) is 23.8 Å². The van der Waals surface area contributed by atoms with E-state index >= 15 is 0 Å². The van der Waals surface area contributed by atoms with Gasteiger partial charge in [0.2, 0.25) is 0 Å². The fourth-order valence-electron chi connectivity index (χ4n) is 2.53. The van der Waals surface area contributed by atoms with Gasteiger partial charge in [-0.15, -0.1) is 0 Å². The van der Waals surface area contributed by atoms with Gasteiger partial charge in [0.05, 0.1) is 5.56 Å². The van der Waals surface area contributed by atoms with Gasteiger partial charge in [-0.3, -0.25) is 9.69 Å². The normalized spacial score (nSPS) is 17.9. The van der Waals surface area contributed by atoms with Crippen LogP contribution in [0.2, 0.25) is 0 Å². The number of nitrogens with two attached hydrogens (primary N) is 1. The molecule has 19 heavy (non-hydrogen) atoms. The van der Waals surface area contributed by atoms with Gasteiger partial charge in [0.25, 0.3) is 5.91 Å². The van der Waals surface area contributed by atoms with E-state index in [1.54, 1.807) is 12.1 Å². The molecule has 0 aliphatic carbocycles. The number of rotatable bonds is 4. The molecule has 0 aromatic heterocycles. The fraction of sp³-hybridized carbons (Fsp3) is 0.533. The Morgan fingerprint density at radius 1 is 1.32 bits per heavy atom. The lowest BCUT2D eigenvalue weighted by molar-refractivity contribution is 0.0931. The van der Waals surface area contributed by atoms with Crippen LogP contribution >= 0.6 is 0 Å². The van der Waals surface area contributed by atoms with Crippen molar-refractivity contribution >= 4 is 11.6 Å². The van der Waals surface area contributed by atoms with Crippen molar-refractivity contribution in [2.45, 2.75) is 32.2 Å². The van der Waals surface area contributed by atoms with Gasteiger partial charge >= 0.3 is 0 Å². The highest BCUT2D eigenvalue weighted by Gasteiger charge is 2.17. The number of carbonyl (C=O) groups is 1. The van der Waals surface area contributed by atoms with Gasteiger partial charge in [0.1, 0.15) is 0 Å². The number of para-hydroxylation sites is 1. The van der Waals surface area contributed by atoms with E-state index in [0.717, 1.165) is 13.1 Å². The van der Waals surface area contributed by atoms with Gasteiger partial charge in [-0.05, 0) is 45.0 Å². The molecule has 1 fully saturated rings. The highest BCUT2D eigenvalue weighted by Crippen LogP contribution is 2.12. The number of benzene rings is 1. The number of nitrogens with one attached hydrogen (secondary N) is 1. The van der Waals surface area contributed by atoms with Gasteiger partial charge < -0.3 is 11.1 Å². The maximum atomic E-state index is 12.0. The standard InChI is InChI=1S/C15H23N3O/c1-12(18-9-5-2-6-10-18)11-17-15(19)13-7-3-4-8-14(13)16/h3-4,7-8,12H,2,5-6,9-11,16H2,1H3,(H,17,19). The van der Waals surface area contributed by atoms with E-state index in [9.17, 15) is 4.79 Å². The van der Waals surface area contributed by atoms with Gasteiger partial charge in [-0.25, -0.2) is 0 Å². The summed E-state index contributed by atoms with van der Waals surface area (Å²) >= 11 is 0. The Hall–Kier alpha value is -1.55.